The van der Waals surface area contributed by atoms with Gasteiger partial charge >= 0.3 is 0 Å². The molecule has 0 spiro atoms. The van der Waals surface area contributed by atoms with Crippen molar-refractivity contribution in [3.05, 3.63) is 77.8 Å². The molecule has 3 N–H and O–H groups in total. The van der Waals surface area contributed by atoms with E-state index in [1.165, 1.54) is 11.1 Å². The number of hydrogen-bond acceptors (Lipinski definition) is 2. The first kappa shape index (κ1) is 13.5. The lowest BCUT2D eigenvalue weighted by Crippen LogP contribution is -1.96. The molecule has 3 rings (SSSR count). The van der Waals surface area contributed by atoms with E-state index >= 15 is 0 Å². The fourth-order valence-electron chi connectivity index (χ4n) is 2.17. The second-order valence-corrected chi connectivity index (χ2v) is 5.24. The van der Waals surface area contributed by atoms with E-state index in [9.17, 15) is 0 Å². The zero-order chi connectivity index (χ0) is 14.7. The first-order chi connectivity index (χ1) is 10.2. The van der Waals surface area contributed by atoms with Gasteiger partial charge in [-0.1, -0.05) is 54.1 Å². The van der Waals surface area contributed by atoms with Crippen LogP contribution in [0.5, 0.6) is 0 Å². The third-order valence-corrected chi connectivity index (χ3v) is 3.52. The van der Waals surface area contributed by atoms with E-state index in [1.54, 1.807) is 12.1 Å². The maximum atomic E-state index is 5.99. The van der Waals surface area contributed by atoms with Crippen LogP contribution in [-0.4, -0.2) is 0 Å². The van der Waals surface area contributed by atoms with E-state index in [0.717, 1.165) is 11.4 Å². The summed E-state index contributed by atoms with van der Waals surface area (Å²) >= 11 is 5.99. The topological polar surface area (TPSA) is 38.0 Å². The monoisotopic (exact) mass is 294 g/mol. The van der Waals surface area contributed by atoms with Crippen molar-refractivity contribution in [3.8, 4) is 11.1 Å². The highest BCUT2D eigenvalue weighted by molar-refractivity contribution is 6.31. The molecule has 2 nitrogen and oxygen atoms in total. The summed E-state index contributed by atoms with van der Waals surface area (Å²) in [5, 5.41) is 3.94. The van der Waals surface area contributed by atoms with Crippen molar-refractivity contribution in [1.82, 2.24) is 0 Å². The number of hydrogen-bond donors (Lipinski definition) is 2. The quantitative estimate of drug-likeness (QED) is 0.640. The molecule has 0 unspecified atom stereocenters. The number of nitrogens with one attached hydrogen (secondary N) is 1. The van der Waals surface area contributed by atoms with Crippen molar-refractivity contribution in [3.63, 3.8) is 0 Å². The molecule has 0 radical (unpaired) electrons. The Hall–Kier alpha value is -2.45. The molecule has 0 saturated carbocycles. The molecule has 0 aliphatic carbocycles. The predicted octanol–water partition coefficient (Wildman–Crippen LogP) is 5.33. The maximum absolute atomic E-state index is 5.99. The van der Waals surface area contributed by atoms with E-state index < -0.39 is 0 Å². The van der Waals surface area contributed by atoms with Gasteiger partial charge < -0.3 is 11.1 Å². The number of rotatable bonds is 3. The van der Waals surface area contributed by atoms with E-state index in [1.807, 2.05) is 36.4 Å². The van der Waals surface area contributed by atoms with Gasteiger partial charge in [0.1, 0.15) is 0 Å². The van der Waals surface area contributed by atoms with Crippen molar-refractivity contribution in [2.75, 3.05) is 11.1 Å². The molecule has 104 valence electrons. The van der Waals surface area contributed by atoms with E-state index in [0.29, 0.717) is 10.7 Å². The number of halogens is 1. The Kier molecular flexibility index (Phi) is 3.80. The van der Waals surface area contributed by atoms with E-state index in [2.05, 4.69) is 29.6 Å². The van der Waals surface area contributed by atoms with Crippen LogP contribution in [0.4, 0.5) is 17.1 Å². The highest BCUT2D eigenvalue weighted by Crippen LogP contribution is 2.28. The van der Waals surface area contributed by atoms with Crippen LogP contribution in [0.25, 0.3) is 11.1 Å². The molecule has 0 fully saturated rings. The second kappa shape index (κ2) is 5.90. The molecule has 0 saturated heterocycles. The van der Waals surface area contributed by atoms with Gasteiger partial charge in [0.2, 0.25) is 0 Å². The van der Waals surface area contributed by atoms with Crippen LogP contribution in [0.1, 0.15) is 0 Å². The van der Waals surface area contributed by atoms with E-state index in [4.69, 9.17) is 17.3 Å². The Morgan fingerprint density at radius 2 is 1.43 bits per heavy atom. The van der Waals surface area contributed by atoms with Gasteiger partial charge in [0, 0.05) is 10.7 Å². The molecule has 3 heteroatoms. The van der Waals surface area contributed by atoms with Gasteiger partial charge in [-0.25, -0.2) is 0 Å². The molecule has 0 aromatic heterocycles. The summed E-state index contributed by atoms with van der Waals surface area (Å²) in [6.45, 7) is 0. The first-order valence-electron chi connectivity index (χ1n) is 6.70. The fourth-order valence-corrected chi connectivity index (χ4v) is 2.34. The summed E-state index contributed by atoms with van der Waals surface area (Å²) in [5.74, 6) is 0. The number of nitrogen functional groups attached to an aromatic ring is 1. The maximum Gasteiger partial charge on any atom is 0.0632 e. The van der Waals surface area contributed by atoms with Crippen LogP contribution in [0, 0.1) is 0 Å². The summed E-state index contributed by atoms with van der Waals surface area (Å²) in [5.41, 5.74) is 10.8. The summed E-state index contributed by atoms with van der Waals surface area (Å²) in [4.78, 5) is 0. The van der Waals surface area contributed by atoms with Gasteiger partial charge in [-0.05, 0) is 41.5 Å². The van der Waals surface area contributed by atoms with Gasteiger partial charge in [0.05, 0.1) is 11.4 Å². The van der Waals surface area contributed by atoms with Gasteiger partial charge in [-0.3, -0.25) is 0 Å². The van der Waals surface area contributed by atoms with Crippen molar-refractivity contribution < 1.29 is 0 Å². The normalized spacial score (nSPS) is 10.3. The van der Waals surface area contributed by atoms with Crippen LogP contribution in [0.15, 0.2) is 72.8 Å². The highest BCUT2D eigenvalue weighted by Gasteiger charge is 2.02. The van der Waals surface area contributed by atoms with E-state index in [-0.39, 0.29) is 0 Å². The van der Waals surface area contributed by atoms with Crippen LogP contribution in [0.3, 0.4) is 0 Å². The predicted molar refractivity (Wildman–Crippen MR) is 91.0 cm³/mol. The standard InChI is InChI=1S/C18H15ClN2/c19-15-8-11-17(20)18(12-15)21-16-9-6-14(7-10-16)13-4-2-1-3-5-13/h1-12,21H,20H2. The van der Waals surface area contributed by atoms with Crippen LogP contribution < -0.4 is 11.1 Å². The molecule has 0 aliphatic rings. The van der Waals surface area contributed by atoms with Crippen molar-refractivity contribution in [1.29, 1.82) is 0 Å². The van der Waals surface area contributed by atoms with Crippen LogP contribution in [0.2, 0.25) is 5.02 Å². The molecule has 21 heavy (non-hydrogen) atoms. The minimum atomic E-state index is 0.660. The lowest BCUT2D eigenvalue weighted by Gasteiger charge is -2.10. The number of anilines is 3. The van der Waals surface area contributed by atoms with Gasteiger partial charge in [-0.15, -0.1) is 0 Å². The Balaban J connectivity index is 1.83. The number of benzene rings is 3. The molecule has 0 amide bonds. The lowest BCUT2D eigenvalue weighted by molar-refractivity contribution is 1.54. The van der Waals surface area contributed by atoms with Crippen LogP contribution >= 0.6 is 11.6 Å². The Morgan fingerprint density at radius 3 is 2.14 bits per heavy atom. The molecule has 0 atom stereocenters. The molecule has 3 aromatic carbocycles. The van der Waals surface area contributed by atoms with Gasteiger partial charge in [0.15, 0.2) is 0 Å². The Labute approximate surface area is 129 Å². The third-order valence-electron chi connectivity index (χ3n) is 3.29. The summed E-state index contributed by atoms with van der Waals surface area (Å²) < 4.78 is 0. The molecule has 3 aromatic rings. The largest absolute Gasteiger partial charge is 0.397 e. The Morgan fingerprint density at radius 1 is 0.762 bits per heavy atom. The fraction of sp³-hybridized carbons (Fsp3) is 0. The average Bonchev–Trinajstić information content (AvgIpc) is 2.53. The van der Waals surface area contributed by atoms with Gasteiger partial charge in [-0.2, -0.15) is 0 Å². The molecule has 0 bridgehead atoms. The zero-order valence-electron chi connectivity index (χ0n) is 11.4. The van der Waals surface area contributed by atoms with Gasteiger partial charge in [0.25, 0.3) is 0 Å². The molecular formula is C18H15ClN2. The third kappa shape index (κ3) is 3.18. The lowest BCUT2D eigenvalue weighted by atomic mass is 10.1. The minimum absolute atomic E-state index is 0.660. The molecular weight excluding hydrogens is 280 g/mol. The van der Waals surface area contributed by atoms with Crippen molar-refractivity contribution >= 4 is 28.7 Å². The van der Waals surface area contributed by atoms with Crippen molar-refractivity contribution in [2.45, 2.75) is 0 Å². The summed E-state index contributed by atoms with van der Waals surface area (Å²) in [6, 6.07) is 23.9. The van der Waals surface area contributed by atoms with Crippen LogP contribution in [-0.2, 0) is 0 Å². The SMILES string of the molecule is Nc1ccc(Cl)cc1Nc1ccc(-c2ccccc2)cc1. The molecule has 0 heterocycles. The zero-order valence-corrected chi connectivity index (χ0v) is 12.1. The average molecular weight is 295 g/mol. The summed E-state index contributed by atoms with van der Waals surface area (Å²) in [6.07, 6.45) is 0. The molecule has 0 aliphatic heterocycles. The number of nitrogens with two attached hydrogens (primary N) is 1. The van der Waals surface area contributed by atoms with Crippen molar-refractivity contribution in [2.24, 2.45) is 0 Å². The first-order valence-corrected chi connectivity index (χ1v) is 7.08. The Bertz CT molecular complexity index is 737. The highest BCUT2D eigenvalue weighted by atomic mass is 35.5. The second-order valence-electron chi connectivity index (χ2n) is 4.80. The summed E-state index contributed by atoms with van der Waals surface area (Å²) in [7, 11) is 0. The minimum Gasteiger partial charge on any atom is -0.397 e. The smallest absolute Gasteiger partial charge is 0.0632 e.